The molecule has 0 aliphatic carbocycles. The molecule has 1 aliphatic heterocycles. The lowest BCUT2D eigenvalue weighted by molar-refractivity contribution is 0.0594. The molecule has 0 saturated carbocycles. The van der Waals surface area contributed by atoms with E-state index in [4.69, 9.17) is 0 Å². The predicted molar refractivity (Wildman–Crippen MR) is 98.9 cm³/mol. The number of carbonyl (C=O) groups excluding carboxylic acids is 1. The molecule has 0 spiro atoms. The van der Waals surface area contributed by atoms with Crippen molar-refractivity contribution in [1.29, 1.82) is 0 Å². The van der Waals surface area contributed by atoms with Crippen molar-refractivity contribution in [2.24, 2.45) is 0 Å². The van der Waals surface area contributed by atoms with Gasteiger partial charge < -0.3 is 9.88 Å². The SMILES string of the molecule is O=C(c1cnc2ccccn12)N1CCCCC1c1nc2ccc(F)cc2[nH]1. The number of H-pyrrole nitrogens is 1. The third kappa shape index (κ3) is 2.66. The van der Waals surface area contributed by atoms with E-state index in [1.54, 1.807) is 12.3 Å². The van der Waals surface area contributed by atoms with Gasteiger partial charge in [-0.2, -0.15) is 0 Å². The van der Waals surface area contributed by atoms with Gasteiger partial charge in [0.15, 0.2) is 0 Å². The number of likely N-dealkylation sites (tertiary alicyclic amines) is 1. The third-order valence-electron chi connectivity index (χ3n) is 5.18. The number of nitrogens with one attached hydrogen (secondary N) is 1. The zero-order chi connectivity index (χ0) is 18.4. The van der Waals surface area contributed by atoms with Crippen LogP contribution in [-0.2, 0) is 0 Å². The highest BCUT2D eigenvalue weighted by atomic mass is 19.1. The van der Waals surface area contributed by atoms with Crippen LogP contribution in [0.1, 0.15) is 41.6 Å². The fourth-order valence-electron chi connectivity index (χ4n) is 3.86. The number of aromatic amines is 1. The largest absolute Gasteiger partial charge is 0.340 e. The monoisotopic (exact) mass is 363 g/mol. The summed E-state index contributed by atoms with van der Waals surface area (Å²) in [6, 6.07) is 9.99. The maximum absolute atomic E-state index is 13.5. The number of aromatic nitrogens is 4. The van der Waals surface area contributed by atoms with Crippen LogP contribution in [0.4, 0.5) is 4.39 Å². The Balaban J connectivity index is 1.54. The van der Waals surface area contributed by atoms with Crippen LogP contribution in [0.3, 0.4) is 0 Å². The molecule has 1 amide bonds. The molecule has 136 valence electrons. The van der Waals surface area contributed by atoms with Gasteiger partial charge in [0.1, 0.15) is 23.0 Å². The molecule has 1 unspecified atom stereocenters. The van der Waals surface area contributed by atoms with Crippen molar-refractivity contribution in [3.8, 4) is 0 Å². The number of fused-ring (bicyclic) bond motifs is 2. The minimum Gasteiger partial charge on any atom is -0.340 e. The number of nitrogens with zero attached hydrogens (tertiary/aromatic N) is 4. The number of imidazole rings is 2. The molecular formula is C20H18FN5O. The van der Waals surface area contributed by atoms with Crippen LogP contribution < -0.4 is 0 Å². The number of halogens is 1. The average molecular weight is 363 g/mol. The number of piperidine rings is 1. The second kappa shape index (κ2) is 6.19. The van der Waals surface area contributed by atoms with Gasteiger partial charge in [-0.05, 0) is 49.6 Å². The first kappa shape index (κ1) is 16.0. The number of hydrogen-bond donors (Lipinski definition) is 1. The molecular weight excluding hydrogens is 345 g/mol. The van der Waals surface area contributed by atoms with Crippen LogP contribution in [0.25, 0.3) is 16.7 Å². The maximum atomic E-state index is 13.5. The lowest BCUT2D eigenvalue weighted by Crippen LogP contribution is -2.39. The third-order valence-corrected chi connectivity index (χ3v) is 5.18. The summed E-state index contributed by atoms with van der Waals surface area (Å²) in [5.74, 6) is 0.336. The van der Waals surface area contributed by atoms with Gasteiger partial charge in [0.2, 0.25) is 0 Å². The van der Waals surface area contributed by atoms with E-state index < -0.39 is 0 Å². The summed E-state index contributed by atoms with van der Waals surface area (Å²) in [6.45, 7) is 0.662. The Labute approximate surface area is 154 Å². The molecule has 1 N–H and O–H groups in total. The fourth-order valence-corrected chi connectivity index (χ4v) is 3.86. The zero-order valence-electron chi connectivity index (χ0n) is 14.6. The summed E-state index contributed by atoms with van der Waals surface area (Å²) >= 11 is 0. The molecule has 0 bridgehead atoms. The first-order chi connectivity index (χ1) is 13.2. The van der Waals surface area contributed by atoms with E-state index in [1.807, 2.05) is 33.7 Å². The van der Waals surface area contributed by atoms with Crippen LogP contribution in [0.15, 0.2) is 48.8 Å². The number of hydrogen-bond acceptors (Lipinski definition) is 3. The number of rotatable bonds is 2. The van der Waals surface area contributed by atoms with Crippen LogP contribution >= 0.6 is 0 Å². The van der Waals surface area contributed by atoms with Gasteiger partial charge in [0, 0.05) is 12.7 Å². The Morgan fingerprint density at radius 1 is 1.22 bits per heavy atom. The fraction of sp³-hybridized carbons (Fsp3) is 0.250. The molecule has 1 aliphatic rings. The van der Waals surface area contributed by atoms with Crippen molar-refractivity contribution in [3.63, 3.8) is 0 Å². The Morgan fingerprint density at radius 3 is 3.07 bits per heavy atom. The molecule has 1 atom stereocenters. The number of benzene rings is 1. The number of amides is 1. The van der Waals surface area contributed by atoms with Gasteiger partial charge in [0.05, 0.1) is 23.3 Å². The Hall–Kier alpha value is -3.22. The second-order valence-electron chi connectivity index (χ2n) is 6.87. The van der Waals surface area contributed by atoms with Crippen molar-refractivity contribution in [1.82, 2.24) is 24.3 Å². The molecule has 3 aromatic heterocycles. The van der Waals surface area contributed by atoms with Crippen LogP contribution in [-0.4, -0.2) is 36.7 Å². The normalized spacial score (nSPS) is 17.7. The highest BCUT2D eigenvalue weighted by molar-refractivity contribution is 5.93. The van der Waals surface area contributed by atoms with Gasteiger partial charge in [-0.25, -0.2) is 14.4 Å². The first-order valence-electron chi connectivity index (χ1n) is 9.09. The molecule has 4 heterocycles. The minimum atomic E-state index is -0.306. The molecule has 6 nitrogen and oxygen atoms in total. The van der Waals surface area contributed by atoms with Crippen LogP contribution in [0.2, 0.25) is 0 Å². The lowest BCUT2D eigenvalue weighted by atomic mass is 10.0. The Kier molecular flexibility index (Phi) is 3.67. The van der Waals surface area contributed by atoms with E-state index in [0.29, 0.717) is 29.1 Å². The average Bonchev–Trinajstić information content (AvgIpc) is 3.31. The first-order valence-corrected chi connectivity index (χ1v) is 9.09. The van der Waals surface area contributed by atoms with Crippen LogP contribution in [0, 0.1) is 5.82 Å². The van der Waals surface area contributed by atoms with Crippen molar-refractivity contribution in [2.45, 2.75) is 25.3 Å². The van der Waals surface area contributed by atoms with Crippen LogP contribution in [0.5, 0.6) is 0 Å². The molecule has 1 aromatic carbocycles. The zero-order valence-corrected chi connectivity index (χ0v) is 14.6. The smallest absolute Gasteiger partial charge is 0.273 e. The van der Waals surface area contributed by atoms with Gasteiger partial charge in [-0.15, -0.1) is 0 Å². The van der Waals surface area contributed by atoms with E-state index in [0.717, 1.165) is 24.9 Å². The number of pyridine rings is 1. The number of carbonyl (C=O) groups is 1. The van der Waals surface area contributed by atoms with E-state index in [9.17, 15) is 9.18 Å². The summed E-state index contributed by atoms with van der Waals surface area (Å²) in [6.07, 6.45) is 6.27. The van der Waals surface area contributed by atoms with Gasteiger partial charge in [0.25, 0.3) is 5.91 Å². The summed E-state index contributed by atoms with van der Waals surface area (Å²) in [5.41, 5.74) is 2.64. The highest BCUT2D eigenvalue weighted by Gasteiger charge is 2.32. The topological polar surface area (TPSA) is 66.3 Å². The standard InChI is InChI=1S/C20H18FN5O/c21-13-7-8-14-15(11-13)24-19(23-14)16-5-1-3-10-26(16)20(27)17-12-22-18-6-2-4-9-25(17)18/h2,4,6-9,11-12,16H,1,3,5,10H2,(H,23,24). The Morgan fingerprint density at radius 2 is 2.15 bits per heavy atom. The molecule has 5 rings (SSSR count). The summed E-state index contributed by atoms with van der Waals surface area (Å²) in [7, 11) is 0. The molecule has 7 heteroatoms. The lowest BCUT2D eigenvalue weighted by Gasteiger charge is -2.34. The van der Waals surface area contributed by atoms with Gasteiger partial charge in [-0.3, -0.25) is 9.20 Å². The van der Waals surface area contributed by atoms with E-state index in [-0.39, 0.29) is 17.8 Å². The van der Waals surface area contributed by atoms with E-state index >= 15 is 0 Å². The molecule has 1 fully saturated rings. The highest BCUT2D eigenvalue weighted by Crippen LogP contribution is 2.32. The van der Waals surface area contributed by atoms with E-state index in [2.05, 4.69) is 15.0 Å². The summed E-state index contributed by atoms with van der Waals surface area (Å²) < 4.78 is 15.3. The minimum absolute atomic E-state index is 0.0648. The molecule has 1 saturated heterocycles. The van der Waals surface area contributed by atoms with E-state index in [1.165, 1.54) is 12.1 Å². The summed E-state index contributed by atoms with van der Waals surface area (Å²) in [5, 5.41) is 0. The van der Waals surface area contributed by atoms with Crippen molar-refractivity contribution < 1.29 is 9.18 Å². The summed E-state index contributed by atoms with van der Waals surface area (Å²) in [4.78, 5) is 27.3. The van der Waals surface area contributed by atoms with Gasteiger partial charge >= 0.3 is 0 Å². The van der Waals surface area contributed by atoms with Crippen molar-refractivity contribution >= 4 is 22.6 Å². The predicted octanol–water partition coefficient (Wildman–Crippen LogP) is 3.72. The second-order valence-corrected chi connectivity index (χ2v) is 6.87. The van der Waals surface area contributed by atoms with Gasteiger partial charge in [-0.1, -0.05) is 6.07 Å². The molecule has 4 aromatic rings. The maximum Gasteiger partial charge on any atom is 0.273 e. The van der Waals surface area contributed by atoms with Crippen molar-refractivity contribution in [3.05, 3.63) is 66.1 Å². The van der Waals surface area contributed by atoms with Crippen molar-refractivity contribution in [2.75, 3.05) is 6.54 Å². The quantitative estimate of drug-likeness (QED) is 0.590. The molecule has 27 heavy (non-hydrogen) atoms. The molecule has 0 radical (unpaired) electrons. The Bertz CT molecular complexity index is 1150.